The minimum atomic E-state index is -0.0311. The summed E-state index contributed by atoms with van der Waals surface area (Å²) in [5.74, 6) is 0. The molecule has 10 aromatic rings. The molecule has 7 aromatic carbocycles. The van der Waals surface area contributed by atoms with Gasteiger partial charge in [0, 0.05) is 38.0 Å². The Morgan fingerprint density at radius 3 is 1.91 bits per heavy atom. The molecule has 3 aromatic heterocycles. The van der Waals surface area contributed by atoms with Gasteiger partial charge in [-0.05, 0) is 81.2 Å². The standard InChI is InChI=1S/C45H30N2/c1-45(2)36-17-6-3-13-30(36)31-22-21-28(26-37(31)45)27-11-9-12-29(25-27)46-40-20-10-16-34-32-14-4-7-18-38(32)47-39-19-8-5-15-33(39)35-23-24-41(46)43(42(34)40)44(35)47/h3-26H,1-2H3. The molecule has 220 valence electrons. The zero-order valence-electron chi connectivity index (χ0n) is 26.3. The molecule has 0 unspecified atom stereocenters. The van der Waals surface area contributed by atoms with Crippen molar-refractivity contribution in [2.45, 2.75) is 19.3 Å². The van der Waals surface area contributed by atoms with E-state index in [2.05, 4.69) is 168 Å². The number of para-hydroxylation sites is 2. The summed E-state index contributed by atoms with van der Waals surface area (Å²) in [4.78, 5) is 0. The summed E-state index contributed by atoms with van der Waals surface area (Å²) >= 11 is 0. The van der Waals surface area contributed by atoms with Crippen LogP contribution in [0.25, 0.3) is 87.8 Å². The van der Waals surface area contributed by atoms with Gasteiger partial charge in [0.15, 0.2) is 0 Å². The van der Waals surface area contributed by atoms with E-state index >= 15 is 0 Å². The maximum atomic E-state index is 2.51. The Bertz CT molecular complexity index is 2930. The van der Waals surface area contributed by atoms with Crippen LogP contribution in [0.2, 0.25) is 0 Å². The fourth-order valence-corrected chi connectivity index (χ4v) is 8.96. The van der Waals surface area contributed by atoms with Gasteiger partial charge in [0.2, 0.25) is 0 Å². The van der Waals surface area contributed by atoms with Gasteiger partial charge in [-0.2, -0.15) is 0 Å². The lowest BCUT2D eigenvalue weighted by atomic mass is 9.81. The highest BCUT2D eigenvalue weighted by Crippen LogP contribution is 2.50. The Labute approximate surface area is 272 Å². The molecule has 1 aliphatic carbocycles. The van der Waals surface area contributed by atoms with Gasteiger partial charge in [-0.3, -0.25) is 0 Å². The molecule has 11 rings (SSSR count). The Kier molecular flexibility index (Phi) is 4.68. The molecular formula is C45H30N2. The van der Waals surface area contributed by atoms with Crippen LogP contribution in [0.5, 0.6) is 0 Å². The lowest BCUT2D eigenvalue weighted by molar-refractivity contribution is 0.660. The molecule has 0 saturated heterocycles. The molecule has 2 nitrogen and oxygen atoms in total. The molecule has 0 saturated carbocycles. The van der Waals surface area contributed by atoms with Crippen LogP contribution in [0, 0.1) is 0 Å². The number of hydrogen-bond acceptors (Lipinski definition) is 0. The van der Waals surface area contributed by atoms with Gasteiger partial charge in [-0.25, -0.2) is 0 Å². The van der Waals surface area contributed by atoms with Crippen LogP contribution in [-0.2, 0) is 5.41 Å². The molecule has 0 bridgehead atoms. The summed E-state index contributed by atoms with van der Waals surface area (Å²) in [6, 6.07) is 54.3. The average molecular weight is 599 g/mol. The van der Waals surface area contributed by atoms with Crippen molar-refractivity contribution >= 4 is 59.9 Å². The number of nitrogens with zero attached hydrogens (tertiary/aromatic N) is 2. The van der Waals surface area contributed by atoms with E-state index in [0.29, 0.717) is 0 Å². The number of fused-ring (bicyclic) bond motifs is 9. The summed E-state index contributed by atoms with van der Waals surface area (Å²) in [7, 11) is 0. The first-order valence-corrected chi connectivity index (χ1v) is 16.5. The second-order valence-corrected chi connectivity index (χ2v) is 13.7. The van der Waals surface area contributed by atoms with Crippen molar-refractivity contribution < 1.29 is 0 Å². The first kappa shape index (κ1) is 25.3. The van der Waals surface area contributed by atoms with Gasteiger partial charge in [0.05, 0.1) is 27.6 Å². The maximum absolute atomic E-state index is 2.51. The highest BCUT2D eigenvalue weighted by Gasteiger charge is 2.35. The third kappa shape index (κ3) is 3.10. The number of rotatable bonds is 2. The van der Waals surface area contributed by atoms with Crippen molar-refractivity contribution in [2.75, 3.05) is 0 Å². The fourth-order valence-electron chi connectivity index (χ4n) is 8.96. The summed E-state index contributed by atoms with van der Waals surface area (Å²) in [5, 5.41) is 7.80. The Hall–Kier alpha value is -5.86. The molecule has 2 heteroatoms. The molecular weight excluding hydrogens is 569 g/mol. The van der Waals surface area contributed by atoms with Gasteiger partial charge < -0.3 is 8.97 Å². The molecule has 0 atom stereocenters. The Balaban J connectivity index is 1.21. The molecule has 3 heterocycles. The largest absolute Gasteiger partial charge is 0.309 e. The van der Waals surface area contributed by atoms with Crippen LogP contribution in [0.4, 0.5) is 0 Å². The molecule has 0 radical (unpaired) electrons. The van der Waals surface area contributed by atoms with Crippen molar-refractivity contribution in [1.29, 1.82) is 0 Å². The van der Waals surface area contributed by atoms with Gasteiger partial charge in [-0.1, -0.05) is 117 Å². The van der Waals surface area contributed by atoms with E-state index in [-0.39, 0.29) is 5.41 Å². The van der Waals surface area contributed by atoms with Crippen molar-refractivity contribution in [2.24, 2.45) is 0 Å². The fraction of sp³-hybridized carbons (Fsp3) is 0.0667. The van der Waals surface area contributed by atoms with Crippen LogP contribution in [-0.4, -0.2) is 8.97 Å². The SMILES string of the molecule is CC1(C)c2ccccc2-c2ccc(-c3cccc(-n4c5cccc6c7ccccc7n7c8ccccc8c8ccc4c(c65)c87)c3)cc21. The van der Waals surface area contributed by atoms with Gasteiger partial charge in [-0.15, -0.1) is 0 Å². The van der Waals surface area contributed by atoms with Crippen LogP contribution in [0.3, 0.4) is 0 Å². The molecule has 0 fully saturated rings. The average Bonchev–Trinajstić information content (AvgIpc) is 3.68. The topological polar surface area (TPSA) is 9.34 Å². The third-order valence-electron chi connectivity index (χ3n) is 11.0. The highest BCUT2D eigenvalue weighted by molar-refractivity contribution is 6.33. The lowest BCUT2D eigenvalue weighted by Crippen LogP contribution is -2.14. The number of hydrogen-bond donors (Lipinski definition) is 0. The summed E-state index contributed by atoms with van der Waals surface area (Å²) < 4.78 is 4.99. The Morgan fingerprint density at radius 2 is 1.06 bits per heavy atom. The van der Waals surface area contributed by atoms with Crippen LogP contribution >= 0.6 is 0 Å². The predicted octanol–water partition coefficient (Wildman–Crippen LogP) is 11.9. The normalized spacial score (nSPS) is 13.9. The highest BCUT2D eigenvalue weighted by atomic mass is 15.0. The van der Waals surface area contributed by atoms with Crippen molar-refractivity contribution in [3.63, 3.8) is 0 Å². The van der Waals surface area contributed by atoms with E-state index in [1.165, 1.54) is 99.0 Å². The van der Waals surface area contributed by atoms with Gasteiger partial charge >= 0.3 is 0 Å². The van der Waals surface area contributed by atoms with Crippen LogP contribution in [0.1, 0.15) is 25.0 Å². The first-order chi connectivity index (χ1) is 23.1. The quantitative estimate of drug-likeness (QED) is 0.187. The molecule has 1 aliphatic rings. The second-order valence-electron chi connectivity index (χ2n) is 13.7. The third-order valence-corrected chi connectivity index (χ3v) is 11.0. The van der Waals surface area contributed by atoms with Crippen molar-refractivity contribution in [3.8, 4) is 27.9 Å². The van der Waals surface area contributed by atoms with E-state index in [1.807, 2.05) is 0 Å². The van der Waals surface area contributed by atoms with Crippen molar-refractivity contribution in [1.82, 2.24) is 8.97 Å². The van der Waals surface area contributed by atoms with E-state index in [0.717, 1.165) is 0 Å². The molecule has 0 N–H and O–H groups in total. The van der Waals surface area contributed by atoms with E-state index < -0.39 is 0 Å². The number of aromatic nitrogens is 2. The predicted molar refractivity (Wildman–Crippen MR) is 198 cm³/mol. The lowest BCUT2D eigenvalue weighted by Gasteiger charge is -2.22. The number of benzene rings is 7. The summed E-state index contributed by atoms with van der Waals surface area (Å²) in [6.07, 6.45) is 0. The van der Waals surface area contributed by atoms with Gasteiger partial charge in [0.1, 0.15) is 0 Å². The molecule has 0 spiro atoms. The smallest absolute Gasteiger partial charge is 0.0641 e. The van der Waals surface area contributed by atoms with E-state index in [9.17, 15) is 0 Å². The Morgan fingerprint density at radius 1 is 0.426 bits per heavy atom. The zero-order chi connectivity index (χ0) is 31.0. The molecule has 47 heavy (non-hydrogen) atoms. The molecule has 0 aliphatic heterocycles. The summed E-state index contributed by atoms with van der Waals surface area (Å²) in [5.41, 5.74) is 15.4. The van der Waals surface area contributed by atoms with Gasteiger partial charge in [0.25, 0.3) is 0 Å². The van der Waals surface area contributed by atoms with Crippen molar-refractivity contribution in [3.05, 3.63) is 157 Å². The second kappa shape index (κ2) is 8.69. The monoisotopic (exact) mass is 598 g/mol. The zero-order valence-corrected chi connectivity index (χ0v) is 26.3. The van der Waals surface area contributed by atoms with E-state index in [4.69, 9.17) is 0 Å². The molecule has 0 amide bonds. The minimum absolute atomic E-state index is 0.0311. The van der Waals surface area contributed by atoms with Crippen LogP contribution in [0.15, 0.2) is 146 Å². The first-order valence-electron chi connectivity index (χ1n) is 16.5. The maximum Gasteiger partial charge on any atom is 0.0641 e. The van der Waals surface area contributed by atoms with Crippen LogP contribution < -0.4 is 0 Å². The van der Waals surface area contributed by atoms with E-state index in [1.54, 1.807) is 0 Å². The summed E-state index contributed by atoms with van der Waals surface area (Å²) in [6.45, 7) is 4.71. The minimum Gasteiger partial charge on any atom is -0.309 e.